The molecule has 1 aromatic rings. The number of unbranched alkanes of at least 4 members (excludes halogenated alkanes) is 1. The summed E-state index contributed by atoms with van der Waals surface area (Å²) in [6.45, 7) is 2.49. The van der Waals surface area contributed by atoms with Crippen LogP contribution in [0.5, 0.6) is 0 Å². The Morgan fingerprint density at radius 3 is 2.71 bits per heavy atom. The molecule has 0 radical (unpaired) electrons. The van der Waals surface area contributed by atoms with Crippen LogP contribution in [0, 0.1) is 11.8 Å². The maximum atomic E-state index is 12.8. The predicted molar refractivity (Wildman–Crippen MR) is 125 cm³/mol. The Labute approximate surface area is 199 Å². The largest absolute Gasteiger partial charge is 0.416 e. The average Bonchev–Trinajstić information content (AvgIpc) is 3.05. The molecule has 34 heavy (non-hydrogen) atoms. The second kappa shape index (κ2) is 13.7. The zero-order valence-corrected chi connectivity index (χ0v) is 19.5. The highest BCUT2D eigenvalue weighted by molar-refractivity contribution is 5.75. The Kier molecular flexibility index (Phi) is 11.3. The monoisotopic (exact) mass is 483 g/mol. The number of rotatable bonds is 12. The fourth-order valence-electron chi connectivity index (χ4n) is 4.31. The molecule has 0 heterocycles. The topological polar surface area (TPSA) is 89.8 Å². The first-order valence-electron chi connectivity index (χ1n) is 11.9. The van der Waals surface area contributed by atoms with E-state index < -0.39 is 30.1 Å². The van der Waals surface area contributed by atoms with E-state index in [1.54, 1.807) is 18.2 Å². The summed E-state index contributed by atoms with van der Waals surface area (Å²) in [6.07, 6.45) is 3.84. The molecule has 1 fully saturated rings. The van der Waals surface area contributed by atoms with Crippen LogP contribution in [0.15, 0.2) is 48.6 Å². The van der Waals surface area contributed by atoms with Crippen LogP contribution in [0.1, 0.15) is 56.6 Å². The molecule has 1 aliphatic rings. The van der Waals surface area contributed by atoms with E-state index >= 15 is 0 Å². The molecular formula is C26H36F3NO4. The molecular weight excluding hydrogens is 447 g/mol. The molecule has 1 saturated carbocycles. The Morgan fingerprint density at radius 1 is 1.24 bits per heavy atom. The minimum absolute atomic E-state index is 0.0297. The van der Waals surface area contributed by atoms with Gasteiger partial charge < -0.3 is 20.6 Å². The summed E-state index contributed by atoms with van der Waals surface area (Å²) < 4.78 is 38.5. The molecule has 190 valence electrons. The van der Waals surface area contributed by atoms with Gasteiger partial charge in [0.2, 0.25) is 5.91 Å². The fraction of sp³-hybridized carbons (Fsp3) is 0.577. The molecule has 8 heteroatoms. The first-order chi connectivity index (χ1) is 16.1. The quantitative estimate of drug-likeness (QED) is 0.265. The van der Waals surface area contributed by atoms with Gasteiger partial charge in [-0.2, -0.15) is 13.2 Å². The Balaban J connectivity index is 1.84. The van der Waals surface area contributed by atoms with Crippen molar-refractivity contribution in [2.45, 2.75) is 76.4 Å². The first-order valence-corrected chi connectivity index (χ1v) is 11.9. The van der Waals surface area contributed by atoms with E-state index in [-0.39, 0.29) is 37.0 Å². The number of allylic oxidation sites excluding steroid dienone is 2. The van der Waals surface area contributed by atoms with Crippen LogP contribution in [-0.4, -0.2) is 46.1 Å². The van der Waals surface area contributed by atoms with Gasteiger partial charge in [0.1, 0.15) is 0 Å². The van der Waals surface area contributed by atoms with E-state index in [0.29, 0.717) is 24.9 Å². The number of hydrogen-bond acceptors (Lipinski definition) is 4. The molecule has 5 nitrogen and oxygen atoms in total. The van der Waals surface area contributed by atoms with Crippen molar-refractivity contribution in [1.29, 1.82) is 0 Å². The smallest absolute Gasteiger partial charge is 0.393 e. The highest BCUT2D eigenvalue weighted by Gasteiger charge is 2.39. The number of nitrogens with one attached hydrogen (secondary N) is 1. The average molecular weight is 484 g/mol. The van der Waals surface area contributed by atoms with Gasteiger partial charge in [0, 0.05) is 25.3 Å². The number of carbonyl (C=O) groups excluding carboxylic acids is 1. The van der Waals surface area contributed by atoms with Crippen LogP contribution in [-0.2, 0) is 17.4 Å². The predicted octanol–water partition coefficient (Wildman–Crippen LogP) is 4.17. The molecule has 0 saturated heterocycles. The third-order valence-corrected chi connectivity index (χ3v) is 6.18. The van der Waals surface area contributed by atoms with Gasteiger partial charge >= 0.3 is 6.18 Å². The van der Waals surface area contributed by atoms with Crippen molar-refractivity contribution in [3.05, 3.63) is 59.7 Å². The normalized spacial score (nSPS) is 24.2. The molecule has 0 bridgehead atoms. The lowest BCUT2D eigenvalue weighted by atomic mass is 9.89. The van der Waals surface area contributed by atoms with Crippen molar-refractivity contribution in [3.8, 4) is 0 Å². The summed E-state index contributed by atoms with van der Waals surface area (Å²) in [5.74, 6) is -0.484. The van der Waals surface area contributed by atoms with Gasteiger partial charge in [-0.3, -0.25) is 4.79 Å². The molecule has 4 N–H and O–H groups in total. The second-order valence-corrected chi connectivity index (χ2v) is 8.85. The van der Waals surface area contributed by atoms with Crippen LogP contribution in [0.2, 0.25) is 0 Å². The van der Waals surface area contributed by atoms with Crippen molar-refractivity contribution in [2.24, 2.45) is 11.8 Å². The second-order valence-electron chi connectivity index (χ2n) is 8.85. The summed E-state index contributed by atoms with van der Waals surface area (Å²) in [4.78, 5) is 11.4. The molecule has 0 aromatic heterocycles. The van der Waals surface area contributed by atoms with Gasteiger partial charge in [-0.25, -0.2) is 0 Å². The highest BCUT2D eigenvalue weighted by atomic mass is 19.4. The van der Waals surface area contributed by atoms with E-state index in [1.165, 1.54) is 6.07 Å². The summed E-state index contributed by atoms with van der Waals surface area (Å²) in [6, 6.07) is 5.06. The number of hydrogen-bond donors (Lipinski definition) is 4. The van der Waals surface area contributed by atoms with Gasteiger partial charge in [0.25, 0.3) is 0 Å². The van der Waals surface area contributed by atoms with E-state index in [4.69, 9.17) is 0 Å². The SMILES string of the molecule is CCNC(=O)CCC/C=C\C[C@H]1[C@@H](/C=C/[C@H](O)CCc2cccc(C(F)(F)F)c2)[C@@H](O)C[C@@H]1O. The van der Waals surface area contributed by atoms with Gasteiger partial charge in [-0.05, 0) is 56.6 Å². The summed E-state index contributed by atoms with van der Waals surface area (Å²) in [5.41, 5.74) is -0.216. The lowest BCUT2D eigenvalue weighted by Crippen LogP contribution is -2.21. The van der Waals surface area contributed by atoms with Crippen LogP contribution >= 0.6 is 0 Å². The van der Waals surface area contributed by atoms with Crippen LogP contribution in [0.4, 0.5) is 13.2 Å². The minimum atomic E-state index is -4.40. The number of halogens is 3. The van der Waals surface area contributed by atoms with E-state index in [0.717, 1.165) is 25.0 Å². The van der Waals surface area contributed by atoms with Crippen molar-refractivity contribution in [2.75, 3.05) is 6.54 Å². The number of amides is 1. The third-order valence-electron chi connectivity index (χ3n) is 6.18. The zero-order valence-electron chi connectivity index (χ0n) is 19.5. The van der Waals surface area contributed by atoms with E-state index in [2.05, 4.69) is 5.32 Å². The number of aliphatic hydroxyl groups is 3. The van der Waals surface area contributed by atoms with Gasteiger partial charge in [-0.1, -0.05) is 42.5 Å². The lowest BCUT2D eigenvalue weighted by Gasteiger charge is -2.19. The summed E-state index contributed by atoms with van der Waals surface area (Å²) in [5, 5.41) is 33.7. The standard InChI is InChI=1S/C26H36F3NO4/c1-2-30-25(34)11-6-4-3-5-10-21-22(24(33)17-23(21)32)15-14-20(31)13-12-18-8-7-9-19(16-18)26(27,28)29/h3,5,7-9,14-16,20-24,31-33H,2,4,6,10-13,17H2,1H3,(H,30,34)/b5-3-,15-14+/t20-,21+,22-,23+,24+/m1/s1. The molecule has 1 amide bonds. The van der Waals surface area contributed by atoms with Crippen molar-refractivity contribution < 1.29 is 33.3 Å². The number of aryl methyl sites for hydroxylation is 1. The van der Waals surface area contributed by atoms with Gasteiger partial charge in [0.05, 0.1) is 23.9 Å². The Morgan fingerprint density at radius 2 is 2.00 bits per heavy atom. The maximum Gasteiger partial charge on any atom is 0.416 e. The Bertz CT molecular complexity index is 825. The van der Waals surface area contributed by atoms with Crippen molar-refractivity contribution in [3.63, 3.8) is 0 Å². The third kappa shape index (κ3) is 9.24. The lowest BCUT2D eigenvalue weighted by molar-refractivity contribution is -0.137. The van der Waals surface area contributed by atoms with Crippen molar-refractivity contribution >= 4 is 5.91 Å². The fourth-order valence-corrected chi connectivity index (χ4v) is 4.31. The molecule has 0 aliphatic heterocycles. The highest BCUT2D eigenvalue weighted by Crippen LogP contribution is 2.36. The molecule has 0 spiro atoms. The summed E-state index contributed by atoms with van der Waals surface area (Å²) in [7, 11) is 0. The van der Waals surface area contributed by atoms with Crippen LogP contribution < -0.4 is 5.32 Å². The number of aliphatic hydroxyl groups excluding tert-OH is 3. The van der Waals surface area contributed by atoms with Crippen LogP contribution in [0.3, 0.4) is 0 Å². The molecule has 5 atom stereocenters. The van der Waals surface area contributed by atoms with Gasteiger partial charge in [0.15, 0.2) is 0 Å². The Hall–Kier alpha value is -2.16. The zero-order chi connectivity index (χ0) is 25.1. The van der Waals surface area contributed by atoms with Gasteiger partial charge in [-0.15, -0.1) is 0 Å². The number of carbonyl (C=O) groups is 1. The molecule has 2 rings (SSSR count). The number of alkyl halides is 3. The number of benzene rings is 1. The summed E-state index contributed by atoms with van der Waals surface area (Å²) >= 11 is 0. The maximum absolute atomic E-state index is 12.8. The molecule has 1 aliphatic carbocycles. The molecule has 0 unspecified atom stereocenters. The van der Waals surface area contributed by atoms with E-state index in [9.17, 15) is 33.3 Å². The minimum Gasteiger partial charge on any atom is -0.393 e. The van der Waals surface area contributed by atoms with Crippen molar-refractivity contribution in [1.82, 2.24) is 5.32 Å². The molecule has 1 aromatic carbocycles. The van der Waals surface area contributed by atoms with Crippen LogP contribution in [0.25, 0.3) is 0 Å². The first kappa shape index (κ1) is 28.1. The van der Waals surface area contributed by atoms with E-state index in [1.807, 2.05) is 19.1 Å².